The number of rotatable bonds is 6. The van der Waals surface area contributed by atoms with Crippen LogP contribution in [0.1, 0.15) is 78.1 Å². The van der Waals surface area contributed by atoms with Gasteiger partial charge in [-0.05, 0) is 49.9 Å². The van der Waals surface area contributed by atoms with E-state index in [1.807, 2.05) is 0 Å². The minimum Gasteiger partial charge on any atom is -0.378 e. The van der Waals surface area contributed by atoms with Crippen molar-refractivity contribution in [3.05, 3.63) is 0 Å². The molecule has 0 saturated heterocycles. The lowest BCUT2D eigenvalue weighted by Crippen LogP contribution is -2.40. The second-order valence-corrected chi connectivity index (χ2v) is 7.44. The van der Waals surface area contributed by atoms with Crippen molar-refractivity contribution in [1.82, 2.24) is 0 Å². The minimum atomic E-state index is 0.384. The molecule has 0 aliphatic heterocycles. The first-order chi connectivity index (χ1) is 9.69. The van der Waals surface area contributed by atoms with Gasteiger partial charge in [-0.2, -0.15) is 0 Å². The van der Waals surface area contributed by atoms with Gasteiger partial charge in [-0.3, -0.25) is 0 Å². The second-order valence-electron chi connectivity index (χ2n) is 7.44. The molecule has 2 nitrogen and oxygen atoms in total. The van der Waals surface area contributed by atoms with Crippen molar-refractivity contribution in [3.8, 4) is 0 Å². The Labute approximate surface area is 125 Å². The molecule has 0 spiro atoms. The SMILES string of the molecule is CCCCOC1CCC(CC2CCC(C)CC2)C(N)C1. The van der Waals surface area contributed by atoms with Gasteiger partial charge in [0.25, 0.3) is 0 Å². The summed E-state index contributed by atoms with van der Waals surface area (Å²) in [6.45, 7) is 5.55. The van der Waals surface area contributed by atoms with Crippen LogP contribution >= 0.6 is 0 Å². The number of ether oxygens (including phenoxy) is 1. The summed E-state index contributed by atoms with van der Waals surface area (Å²) in [7, 11) is 0. The lowest BCUT2D eigenvalue weighted by Gasteiger charge is -2.37. The first kappa shape index (κ1) is 16.3. The van der Waals surface area contributed by atoms with Gasteiger partial charge in [0, 0.05) is 12.6 Å². The van der Waals surface area contributed by atoms with Gasteiger partial charge in [0.05, 0.1) is 6.10 Å². The summed E-state index contributed by atoms with van der Waals surface area (Å²) in [6.07, 6.45) is 13.6. The van der Waals surface area contributed by atoms with E-state index in [0.717, 1.165) is 30.8 Å². The van der Waals surface area contributed by atoms with E-state index >= 15 is 0 Å². The summed E-state index contributed by atoms with van der Waals surface area (Å²) in [5.41, 5.74) is 6.44. The summed E-state index contributed by atoms with van der Waals surface area (Å²) in [5, 5.41) is 0. The van der Waals surface area contributed by atoms with Crippen LogP contribution in [-0.2, 0) is 4.74 Å². The smallest absolute Gasteiger partial charge is 0.0590 e. The van der Waals surface area contributed by atoms with Gasteiger partial charge in [-0.25, -0.2) is 0 Å². The maximum Gasteiger partial charge on any atom is 0.0590 e. The van der Waals surface area contributed by atoms with Crippen molar-refractivity contribution in [2.75, 3.05) is 6.61 Å². The molecule has 0 amide bonds. The fraction of sp³-hybridized carbons (Fsp3) is 1.00. The number of nitrogens with two attached hydrogens (primary N) is 1. The molecule has 2 N–H and O–H groups in total. The van der Waals surface area contributed by atoms with Gasteiger partial charge in [0.1, 0.15) is 0 Å². The zero-order valence-electron chi connectivity index (χ0n) is 13.7. The van der Waals surface area contributed by atoms with Gasteiger partial charge in [-0.15, -0.1) is 0 Å². The van der Waals surface area contributed by atoms with Gasteiger partial charge in [0.2, 0.25) is 0 Å². The van der Waals surface area contributed by atoms with Crippen LogP contribution in [0.5, 0.6) is 0 Å². The van der Waals surface area contributed by atoms with E-state index in [1.54, 1.807) is 0 Å². The maximum atomic E-state index is 6.44. The fourth-order valence-electron chi connectivity index (χ4n) is 4.06. The largest absolute Gasteiger partial charge is 0.378 e. The van der Waals surface area contributed by atoms with Crippen LogP contribution in [0.25, 0.3) is 0 Å². The zero-order valence-corrected chi connectivity index (χ0v) is 13.7. The van der Waals surface area contributed by atoms with E-state index in [1.165, 1.54) is 57.8 Å². The quantitative estimate of drug-likeness (QED) is 0.727. The first-order valence-electron chi connectivity index (χ1n) is 9.06. The van der Waals surface area contributed by atoms with Crippen LogP contribution in [-0.4, -0.2) is 18.8 Å². The van der Waals surface area contributed by atoms with E-state index < -0.39 is 0 Å². The van der Waals surface area contributed by atoms with Crippen molar-refractivity contribution in [2.45, 2.75) is 90.2 Å². The van der Waals surface area contributed by atoms with Crippen molar-refractivity contribution >= 4 is 0 Å². The minimum absolute atomic E-state index is 0.384. The van der Waals surface area contributed by atoms with E-state index in [9.17, 15) is 0 Å². The highest BCUT2D eigenvalue weighted by Crippen LogP contribution is 2.37. The molecule has 2 aliphatic carbocycles. The molecule has 3 unspecified atom stereocenters. The zero-order chi connectivity index (χ0) is 14.4. The van der Waals surface area contributed by atoms with E-state index in [2.05, 4.69) is 13.8 Å². The molecule has 2 heteroatoms. The van der Waals surface area contributed by atoms with Crippen LogP contribution in [0.4, 0.5) is 0 Å². The molecule has 2 rings (SSSR count). The van der Waals surface area contributed by atoms with Gasteiger partial charge >= 0.3 is 0 Å². The molecule has 0 heterocycles. The average Bonchev–Trinajstić information content (AvgIpc) is 2.44. The molecule has 2 fully saturated rings. The van der Waals surface area contributed by atoms with Crippen LogP contribution in [0.3, 0.4) is 0 Å². The Hall–Kier alpha value is -0.0800. The fourth-order valence-corrected chi connectivity index (χ4v) is 4.06. The highest BCUT2D eigenvalue weighted by Gasteiger charge is 2.31. The standard InChI is InChI=1S/C18H35NO/c1-3-4-11-20-17-10-9-16(18(19)13-17)12-15-7-5-14(2)6-8-15/h14-18H,3-13,19H2,1-2H3. The Bertz CT molecular complexity index is 260. The highest BCUT2D eigenvalue weighted by molar-refractivity contribution is 4.85. The van der Waals surface area contributed by atoms with Crippen molar-refractivity contribution < 1.29 is 4.74 Å². The molecule has 118 valence electrons. The Balaban J connectivity index is 1.67. The van der Waals surface area contributed by atoms with Crippen molar-refractivity contribution in [1.29, 1.82) is 0 Å². The van der Waals surface area contributed by atoms with Gasteiger partial charge < -0.3 is 10.5 Å². The second kappa shape index (κ2) is 8.38. The normalized spacial score (nSPS) is 38.9. The molecule has 0 aromatic rings. The molecule has 0 aromatic carbocycles. The van der Waals surface area contributed by atoms with Gasteiger partial charge in [0.15, 0.2) is 0 Å². The predicted octanol–water partition coefficient (Wildman–Crippen LogP) is 4.52. The van der Waals surface area contributed by atoms with Crippen molar-refractivity contribution in [2.24, 2.45) is 23.5 Å². The summed E-state index contributed by atoms with van der Waals surface area (Å²) < 4.78 is 5.97. The van der Waals surface area contributed by atoms with E-state index in [-0.39, 0.29) is 0 Å². The lowest BCUT2D eigenvalue weighted by atomic mass is 9.73. The molecule has 0 aromatic heterocycles. The third kappa shape index (κ3) is 5.04. The Morgan fingerprint density at radius 3 is 2.45 bits per heavy atom. The van der Waals surface area contributed by atoms with Crippen LogP contribution in [0.2, 0.25) is 0 Å². The molecule has 3 atom stereocenters. The third-order valence-electron chi connectivity index (χ3n) is 5.62. The summed E-state index contributed by atoms with van der Waals surface area (Å²) in [6, 6.07) is 0.384. The molecule has 0 bridgehead atoms. The Kier molecular flexibility index (Phi) is 6.83. The monoisotopic (exact) mass is 281 g/mol. The summed E-state index contributed by atoms with van der Waals surface area (Å²) in [4.78, 5) is 0. The summed E-state index contributed by atoms with van der Waals surface area (Å²) in [5.74, 6) is 2.68. The molecular formula is C18H35NO. The maximum absolute atomic E-state index is 6.44. The molecule has 2 aliphatic rings. The number of unbranched alkanes of at least 4 members (excludes halogenated alkanes) is 1. The number of hydrogen-bond acceptors (Lipinski definition) is 2. The molecule has 0 radical (unpaired) electrons. The number of hydrogen-bond donors (Lipinski definition) is 1. The van der Waals surface area contributed by atoms with Crippen molar-refractivity contribution in [3.63, 3.8) is 0 Å². The van der Waals surface area contributed by atoms with Gasteiger partial charge in [-0.1, -0.05) is 46.0 Å². The first-order valence-corrected chi connectivity index (χ1v) is 9.06. The predicted molar refractivity (Wildman–Crippen MR) is 85.7 cm³/mol. The molecule has 2 saturated carbocycles. The molecular weight excluding hydrogens is 246 g/mol. The van der Waals surface area contributed by atoms with E-state index in [0.29, 0.717) is 12.1 Å². The summed E-state index contributed by atoms with van der Waals surface area (Å²) >= 11 is 0. The van der Waals surface area contributed by atoms with Crippen LogP contribution in [0, 0.1) is 17.8 Å². The molecule has 20 heavy (non-hydrogen) atoms. The van der Waals surface area contributed by atoms with Crippen LogP contribution < -0.4 is 5.73 Å². The van der Waals surface area contributed by atoms with Crippen LogP contribution in [0.15, 0.2) is 0 Å². The topological polar surface area (TPSA) is 35.2 Å². The third-order valence-corrected chi connectivity index (χ3v) is 5.62. The Morgan fingerprint density at radius 2 is 1.80 bits per heavy atom. The Morgan fingerprint density at radius 1 is 1.05 bits per heavy atom. The lowest BCUT2D eigenvalue weighted by molar-refractivity contribution is 0.00612. The highest BCUT2D eigenvalue weighted by atomic mass is 16.5. The average molecular weight is 281 g/mol. The van der Waals surface area contributed by atoms with E-state index in [4.69, 9.17) is 10.5 Å².